The van der Waals surface area contributed by atoms with Gasteiger partial charge in [0.1, 0.15) is 6.54 Å². The minimum absolute atomic E-state index is 0.0338. The van der Waals surface area contributed by atoms with E-state index in [1.54, 1.807) is 11.8 Å². The Labute approximate surface area is 224 Å². The summed E-state index contributed by atoms with van der Waals surface area (Å²) < 4.78 is 1.93. The fourth-order valence-corrected chi connectivity index (χ4v) is 6.82. The molecule has 2 N–H and O–H groups in total. The molecule has 0 spiro atoms. The summed E-state index contributed by atoms with van der Waals surface area (Å²) in [5.74, 6) is 0.280. The number of rotatable bonds is 4. The first-order chi connectivity index (χ1) is 18.2. The van der Waals surface area contributed by atoms with Gasteiger partial charge in [-0.2, -0.15) is 0 Å². The Morgan fingerprint density at radius 2 is 1.97 bits per heavy atom. The highest BCUT2D eigenvalue weighted by Gasteiger charge is 2.66. The summed E-state index contributed by atoms with van der Waals surface area (Å²) in [5, 5.41) is 7.21. The van der Waals surface area contributed by atoms with Crippen LogP contribution in [0.15, 0.2) is 18.3 Å². The molecule has 1 saturated carbocycles. The molecule has 2 aliphatic heterocycles. The molecule has 2 aromatic rings. The summed E-state index contributed by atoms with van der Waals surface area (Å²) in [6.07, 6.45) is 7.83. The molecule has 5 rings (SSSR count). The third kappa shape index (κ3) is 4.74. The van der Waals surface area contributed by atoms with E-state index >= 15 is 0 Å². The van der Waals surface area contributed by atoms with Crippen LogP contribution in [0.2, 0.25) is 0 Å². The number of ketones is 2. The molecular formula is C30H40N4O4. The van der Waals surface area contributed by atoms with Crippen LogP contribution >= 0.6 is 0 Å². The zero-order chi connectivity index (χ0) is 27.2. The largest absolute Gasteiger partial charge is 0.388 e. The van der Waals surface area contributed by atoms with Crippen molar-refractivity contribution in [2.45, 2.75) is 90.8 Å². The Kier molecular flexibility index (Phi) is 7.09. The van der Waals surface area contributed by atoms with Crippen LogP contribution in [-0.2, 0) is 27.3 Å². The van der Waals surface area contributed by atoms with Crippen LogP contribution in [-0.4, -0.2) is 58.5 Å². The second kappa shape index (κ2) is 10.2. The molecular weight excluding hydrogens is 480 g/mol. The topological polar surface area (TPSA) is 101 Å². The number of hydrogen-bond acceptors (Lipinski definition) is 5. The summed E-state index contributed by atoms with van der Waals surface area (Å²) in [4.78, 5) is 54.0. The minimum atomic E-state index is -0.453. The van der Waals surface area contributed by atoms with Gasteiger partial charge in [-0.3, -0.25) is 19.2 Å². The Bertz CT molecular complexity index is 1300. The average Bonchev–Trinajstić information content (AvgIpc) is 3.30. The second-order valence-corrected chi connectivity index (χ2v) is 11.8. The number of piperidine rings is 1. The maximum absolute atomic E-state index is 13.9. The number of amides is 2. The van der Waals surface area contributed by atoms with E-state index in [1.165, 1.54) is 0 Å². The molecule has 1 saturated heterocycles. The van der Waals surface area contributed by atoms with Crippen LogP contribution < -0.4 is 10.6 Å². The lowest BCUT2D eigenvalue weighted by molar-refractivity contribution is -0.139. The fraction of sp³-hybridized carbons (Fsp3) is 0.600. The van der Waals surface area contributed by atoms with Crippen LogP contribution in [0.5, 0.6) is 0 Å². The van der Waals surface area contributed by atoms with E-state index in [1.807, 2.05) is 30.8 Å². The van der Waals surface area contributed by atoms with Gasteiger partial charge < -0.3 is 20.1 Å². The van der Waals surface area contributed by atoms with Gasteiger partial charge >= 0.3 is 0 Å². The monoisotopic (exact) mass is 520 g/mol. The summed E-state index contributed by atoms with van der Waals surface area (Å²) in [6, 6.07) is 3.62. The summed E-state index contributed by atoms with van der Waals surface area (Å²) >= 11 is 0. The number of benzene rings is 1. The van der Waals surface area contributed by atoms with Gasteiger partial charge in [-0.05, 0) is 56.2 Å². The summed E-state index contributed by atoms with van der Waals surface area (Å²) in [7, 11) is 1.87. The fourth-order valence-electron chi connectivity index (χ4n) is 6.82. The van der Waals surface area contributed by atoms with Gasteiger partial charge in [-0.15, -0.1) is 0 Å². The van der Waals surface area contributed by atoms with Crippen molar-refractivity contribution in [3.05, 3.63) is 29.5 Å². The summed E-state index contributed by atoms with van der Waals surface area (Å²) in [5.41, 5.74) is 3.36. The molecule has 3 aliphatic rings. The van der Waals surface area contributed by atoms with Gasteiger partial charge in [-0.1, -0.05) is 26.7 Å². The van der Waals surface area contributed by atoms with Crippen LogP contribution in [0.1, 0.15) is 81.6 Å². The number of nitrogens with zero attached hydrogens (tertiary/aromatic N) is 2. The van der Waals surface area contributed by atoms with Gasteiger partial charge in [0, 0.05) is 60.7 Å². The molecule has 2 amide bonds. The van der Waals surface area contributed by atoms with Gasteiger partial charge in [0.15, 0.2) is 11.6 Å². The zero-order valence-corrected chi connectivity index (χ0v) is 23.1. The molecule has 0 unspecified atom stereocenters. The Hall–Kier alpha value is -3.16. The van der Waals surface area contributed by atoms with Gasteiger partial charge in [0.05, 0.1) is 11.6 Å². The first-order valence-corrected chi connectivity index (χ1v) is 14.1. The molecule has 1 aromatic heterocycles. The standard InChI is InChI=1S/C30H40N4O4/c1-5-25(36)24-13-30-14-26(30)34(24)28(38)16-33-15-23(19(3)35)22-12-21(31-4)11-20(29(22)33)9-7-6-8-18(2)10-27(37)32-17-30/h11-12,15,18,24,26,31H,5-10,13-14,16-17H2,1-4H3,(H,32,37)/t18-,24+,26-,30+/m1/s1. The van der Waals surface area contributed by atoms with Crippen molar-refractivity contribution in [1.29, 1.82) is 0 Å². The Morgan fingerprint density at radius 3 is 2.68 bits per heavy atom. The zero-order valence-electron chi connectivity index (χ0n) is 23.1. The highest BCUT2D eigenvalue weighted by atomic mass is 16.2. The Balaban J connectivity index is 1.57. The molecule has 1 aliphatic carbocycles. The maximum Gasteiger partial charge on any atom is 0.243 e. The molecule has 1 aromatic carbocycles. The number of Topliss-reactive ketones (excluding diaryl/α,β-unsaturated/α-hetero) is 2. The third-order valence-corrected chi connectivity index (χ3v) is 9.02. The first kappa shape index (κ1) is 26.4. The van der Waals surface area contributed by atoms with Crippen molar-refractivity contribution >= 4 is 40.0 Å². The van der Waals surface area contributed by atoms with Crippen molar-refractivity contribution in [3.8, 4) is 0 Å². The molecule has 3 heterocycles. The smallest absolute Gasteiger partial charge is 0.243 e. The van der Waals surface area contributed by atoms with E-state index in [2.05, 4.69) is 23.6 Å². The number of carbonyl (C=O) groups is 4. The van der Waals surface area contributed by atoms with Gasteiger partial charge in [-0.25, -0.2) is 0 Å². The van der Waals surface area contributed by atoms with Crippen LogP contribution in [0.4, 0.5) is 5.69 Å². The van der Waals surface area contributed by atoms with Crippen molar-refractivity contribution in [2.75, 3.05) is 18.9 Å². The van der Waals surface area contributed by atoms with Crippen LogP contribution in [0.25, 0.3) is 10.9 Å². The SMILES string of the molecule is CCC(=O)[C@@H]1C[C@]23CNC(=O)C[C@H](C)CCCCc4cc(NC)cc5c(C(C)=O)cn(c45)CC(=O)N1[C@@H]2C3. The highest BCUT2D eigenvalue weighted by molar-refractivity contribution is 6.09. The Morgan fingerprint density at radius 1 is 1.18 bits per heavy atom. The number of aryl methyl sites for hydroxylation is 1. The molecule has 8 heteroatoms. The van der Waals surface area contributed by atoms with Gasteiger partial charge in [0.25, 0.3) is 0 Å². The molecule has 8 nitrogen and oxygen atoms in total. The van der Waals surface area contributed by atoms with Gasteiger partial charge in [0.2, 0.25) is 11.8 Å². The van der Waals surface area contributed by atoms with Crippen LogP contribution in [0, 0.1) is 11.3 Å². The minimum Gasteiger partial charge on any atom is -0.388 e. The number of hydrogen-bond donors (Lipinski definition) is 2. The lowest BCUT2D eigenvalue weighted by Crippen LogP contribution is -2.44. The van der Waals surface area contributed by atoms with E-state index in [4.69, 9.17) is 0 Å². The first-order valence-electron chi connectivity index (χ1n) is 14.1. The summed E-state index contributed by atoms with van der Waals surface area (Å²) in [6.45, 7) is 6.13. The molecule has 0 radical (unpaired) electrons. The maximum atomic E-state index is 13.9. The molecule has 4 atom stereocenters. The van der Waals surface area contributed by atoms with E-state index in [9.17, 15) is 19.2 Å². The van der Waals surface area contributed by atoms with Crippen molar-refractivity contribution in [1.82, 2.24) is 14.8 Å². The van der Waals surface area contributed by atoms with E-state index in [0.717, 1.165) is 54.3 Å². The second-order valence-electron chi connectivity index (χ2n) is 11.8. The molecule has 204 valence electrons. The number of carbonyl (C=O) groups excluding carboxylic acids is 4. The van der Waals surface area contributed by atoms with Crippen molar-refractivity contribution < 1.29 is 19.2 Å². The highest BCUT2D eigenvalue weighted by Crippen LogP contribution is 2.59. The predicted octanol–water partition coefficient (Wildman–Crippen LogP) is 4.09. The number of nitrogens with one attached hydrogen (secondary N) is 2. The third-order valence-electron chi connectivity index (χ3n) is 9.02. The number of aromatic nitrogens is 1. The molecule has 38 heavy (non-hydrogen) atoms. The normalized spacial score (nSPS) is 28.0. The van der Waals surface area contributed by atoms with E-state index < -0.39 is 6.04 Å². The van der Waals surface area contributed by atoms with Crippen molar-refractivity contribution in [2.24, 2.45) is 11.3 Å². The molecule has 2 fully saturated rings. The lowest BCUT2D eigenvalue weighted by Gasteiger charge is -2.27. The quantitative estimate of drug-likeness (QED) is 0.592. The molecule has 2 bridgehead atoms. The number of anilines is 1. The predicted molar refractivity (Wildman–Crippen MR) is 147 cm³/mol. The van der Waals surface area contributed by atoms with E-state index in [0.29, 0.717) is 31.4 Å². The average molecular weight is 521 g/mol. The van der Waals surface area contributed by atoms with E-state index in [-0.39, 0.29) is 47.3 Å². The lowest BCUT2D eigenvalue weighted by atomic mass is 9.95. The van der Waals surface area contributed by atoms with Crippen molar-refractivity contribution in [3.63, 3.8) is 0 Å². The van der Waals surface area contributed by atoms with Crippen LogP contribution in [0.3, 0.4) is 0 Å².